The van der Waals surface area contributed by atoms with Crippen LogP contribution < -0.4 is 16.0 Å². The zero-order valence-electron chi connectivity index (χ0n) is 13.8. The maximum absolute atomic E-state index is 11.5. The first-order valence-electron chi connectivity index (χ1n) is 7.58. The van der Waals surface area contributed by atoms with Gasteiger partial charge in [-0.3, -0.25) is 0 Å². The molecule has 0 spiro atoms. The molecule has 6 heteroatoms. The van der Waals surface area contributed by atoms with Crippen LogP contribution in [0.3, 0.4) is 0 Å². The molecule has 1 saturated carbocycles. The van der Waals surface area contributed by atoms with E-state index in [1.54, 1.807) is 14.0 Å². The first-order valence-corrected chi connectivity index (χ1v) is 7.58. The molecule has 0 heterocycles. The van der Waals surface area contributed by atoms with E-state index in [0.717, 1.165) is 19.3 Å². The molecule has 0 aromatic rings. The van der Waals surface area contributed by atoms with Gasteiger partial charge in [-0.25, -0.2) is 9.59 Å². The molecule has 0 aliphatic heterocycles. The second-order valence-electron chi connectivity index (χ2n) is 7.05. The molecule has 1 fully saturated rings. The minimum Gasteiger partial charge on any atom is -0.450 e. The maximum Gasteiger partial charge on any atom is 0.407 e. The number of ether oxygens (including phenoxy) is 1. The Kier molecular flexibility index (Phi) is 5.87. The van der Waals surface area contributed by atoms with Crippen molar-refractivity contribution >= 4 is 12.1 Å². The summed E-state index contributed by atoms with van der Waals surface area (Å²) in [7, 11) is 1.62. The number of urea groups is 1. The predicted molar refractivity (Wildman–Crippen MR) is 82.1 cm³/mol. The van der Waals surface area contributed by atoms with Gasteiger partial charge in [-0.1, -0.05) is 20.8 Å². The van der Waals surface area contributed by atoms with Crippen LogP contribution in [0.2, 0.25) is 0 Å². The number of carbonyl (C=O) groups is 2. The molecule has 0 aromatic heterocycles. The highest BCUT2D eigenvalue weighted by Gasteiger charge is 2.41. The highest BCUT2D eigenvalue weighted by atomic mass is 16.5. The Balaban J connectivity index is 2.66. The second-order valence-corrected chi connectivity index (χ2v) is 7.05. The van der Waals surface area contributed by atoms with E-state index in [9.17, 15) is 9.59 Å². The summed E-state index contributed by atoms with van der Waals surface area (Å²) in [4.78, 5) is 23.0. The largest absolute Gasteiger partial charge is 0.450 e. The molecule has 1 aliphatic rings. The molecule has 1 aliphatic carbocycles. The van der Waals surface area contributed by atoms with Gasteiger partial charge in [0.25, 0.3) is 0 Å². The molecule has 21 heavy (non-hydrogen) atoms. The molecule has 2 atom stereocenters. The zero-order chi connectivity index (χ0) is 16.1. The van der Waals surface area contributed by atoms with Crippen LogP contribution >= 0.6 is 0 Å². The number of rotatable bonds is 4. The highest BCUT2D eigenvalue weighted by Crippen LogP contribution is 2.45. The fourth-order valence-corrected chi connectivity index (χ4v) is 3.60. The monoisotopic (exact) mass is 299 g/mol. The lowest BCUT2D eigenvalue weighted by atomic mass is 9.62. The molecule has 0 bridgehead atoms. The fourth-order valence-electron chi connectivity index (χ4n) is 3.60. The molecule has 6 nitrogen and oxygen atoms in total. The van der Waals surface area contributed by atoms with Crippen molar-refractivity contribution in [1.82, 2.24) is 16.0 Å². The average Bonchev–Trinajstić information content (AvgIpc) is 2.34. The molecule has 3 N–H and O–H groups in total. The number of amides is 3. The third-order valence-corrected chi connectivity index (χ3v) is 3.94. The summed E-state index contributed by atoms with van der Waals surface area (Å²) in [6.45, 7) is 9.27. The van der Waals surface area contributed by atoms with Crippen molar-refractivity contribution in [2.24, 2.45) is 10.8 Å². The predicted octanol–water partition coefficient (Wildman–Crippen LogP) is 2.25. The standard InChI is InChI=1S/C15H29N3O3/c1-6-21-13(20)17-10-15(4)8-11(18-12(19)16-5)7-14(2,3)9-15/h11H,6-10H2,1-5H3,(H,17,20)(H2,16,18,19). The van der Waals surface area contributed by atoms with E-state index in [0.29, 0.717) is 13.2 Å². The average molecular weight is 299 g/mol. The Labute approximate surface area is 127 Å². The van der Waals surface area contributed by atoms with E-state index in [1.165, 1.54) is 0 Å². The van der Waals surface area contributed by atoms with Crippen LogP contribution in [0.5, 0.6) is 0 Å². The molecule has 0 saturated heterocycles. The summed E-state index contributed by atoms with van der Waals surface area (Å²) in [5.41, 5.74) is 0.0647. The normalized spacial score (nSPS) is 27.6. The van der Waals surface area contributed by atoms with Gasteiger partial charge >= 0.3 is 12.1 Å². The molecule has 1 rings (SSSR count). The smallest absolute Gasteiger partial charge is 0.407 e. The number of carbonyl (C=O) groups excluding carboxylic acids is 2. The lowest BCUT2D eigenvalue weighted by Gasteiger charge is -2.46. The van der Waals surface area contributed by atoms with Gasteiger partial charge in [-0.05, 0) is 37.0 Å². The van der Waals surface area contributed by atoms with Gasteiger partial charge in [0.2, 0.25) is 0 Å². The number of nitrogens with one attached hydrogen (secondary N) is 3. The van der Waals surface area contributed by atoms with Crippen molar-refractivity contribution in [3.05, 3.63) is 0 Å². The van der Waals surface area contributed by atoms with E-state index in [4.69, 9.17) is 4.74 Å². The minimum absolute atomic E-state index is 0.0554. The van der Waals surface area contributed by atoms with Crippen LogP contribution in [0, 0.1) is 10.8 Å². The second kappa shape index (κ2) is 7.00. The Bertz CT molecular complexity index is 384. The highest BCUT2D eigenvalue weighted by molar-refractivity contribution is 5.73. The number of hydrogen-bond donors (Lipinski definition) is 3. The van der Waals surface area contributed by atoms with Crippen LogP contribution in [0.4, 0.5) is 9.59 Å². The van der Waals surface area contributed by atoms with Crippen molar-refractivity contribution in [2.75, 3.05) is 20.2 Å². The van der Waals surface area contributed by atoms with Crippen molar-refractivity contribution in [2.45, 2.75) is 53.0 Å². The van der Waals surface area contributed by atoms with Crippen molar-refractivity contribution in [1.29, 1.82) is 0 Å². The summed E-state index contributed by atoms with van der Waals surface area (Å²) in [6, 6.07) is -0.0407. The van der Waals surface area contributed by atoms with Crippen molar-refractivity contribution < 1.29 is 14.3 Å². The molecule has 0 aromatic carbocycles. The molecular weight excluding hydrogens is 270 g/mol. The first-order chi connectivity index (χ1) is 9.69. The molecule has 122 valence electrons. The van der Waals surface area contributed by atoms with E-state index in [2.05, 4.69) is 36.7 Å². The van der Waals surface area contributed by atoms with E-state index in [1.807, 2.05) is 0 Å². The Hall–Kier alpha value is -1.46. The van der Waals surface area contributed by atoms with Gasteiger partial charge in [0, 0.05) is 19.6 Å². The van der Waals surface area contributed by atoms with Gasteiger partial charge in [0.15, 0.2) is 0 Å². The van der Waals surface area contributed by atoms with Crippen molar-refractivity contribution in [3.63, 3.8) is 0 Å². The van der Waals surface area contributed by atoms with Crippen LogP contribution in [0.15, 0.2) is 0 Å². The molecule has 3 amide bonds. The quantitative estimate of drug-likeness (QED) is 0.745. The summed E-state index contributed by atoms with van der Waals surface area (Å²) in [5, 5.41) is 8.42. The molecular formula is C15H29N3O3. The zero-order valence-corrected chi connectivity index (χ0v) is 13.8. The minimum atomic E-state index is -0.377. The Morgan fingerprint density at radius 1 is 1.24 bits per heavy atom. The summed E-state index contributed by atoms with van der Waals surface area (Å²) in [6.07, 6.45) is 2.40. The summed E-state index contributed by atoms with van der Waals surface area (Å²) in [5.74, 6) is 0. The number of alkyl carbamates (subject to hydrolysis) is 1. The van der Waals surface area contributed by atoms with Crippen LogP contribution in [0.25, 0.3) is 0 Å². The van der Waals surface area contributed by atoms with Crippen LogP contribution in [0.1, 0.15) is 47.0 Å². The SMILES string of the molecule is CCOC(=O)NCC1(C)CC(NC(=O)NC)CC(C)(C)C1. The number of hydrogen-bond acceptors (Lipinski definition) is 3. The van der Waals surface area contributed by atoms with Gasteiger partial charge in [-0.15, -0.1) is 0 Å². The summed E-state index contributed by atoms with van der Waals surface area (Å²) >= 11 is 0. The lowest BCUT2D eigenvalue weighted by Crippen LogP contribution is -2.51. The molecule has 2 unspecified atom stereocenters. The van der Waals surface area contributed by atoms with E-state index in [-0.39, 0.29) is 29.0 Å². The van der Waals surface area contributed by atoms with Gasteiger partial charge in [-0.2, -0.15) is 0 Å². The Morgan fingerprint density at radius 3 is 2.48 bits per heavy atom. The van der Waals surface area contributed by atoms with Crippen molar-refractivity contribution in [3.8, 4) is 0 Å². The molecule has 0 radical (unpaired) electrons. The first kappa shape index (κ1) is 17.6. The maximum atomic E-state index is 11.5. The van der Waals surface area contributed by atoms with E-state index < -0.39 is 0 Å². The fraction of sp³-hybridized carbons (Fsp3) is 0.867. The van der Waals surface area contributed by atoms with Gasteiger partial charge in [0.1, 0.15) is 0 Å². The topological polar surface area (TPSA) is 79.5 Å². The Morgan fingerprint density at radius 2 is 1.90 bits per heavy atom. The lowest BCUT2D eigenvalue weighted by molar-refractivity contribution is 0.0701. The third kappa shape index (κ3) is 5.81. The van der Waals surface area contributed by atoms with Gasteiger partial charge < -0.3 is 20.7 Å². The van der Waals surface area contributed by atoms with Crippen LogP contribution in [-0.4, -0.2) is 38.4 Å². The van der Waals surface area contributed by atoms with E-state index >= 15 is 0 Å². The van der Waals surface area contributed by atoms with Gasteiger partial charge in [0.05, 0.1) is 6.61 Å². The summed E-state index contributed by atoms with van der Waals surface area (Å²) < 4.78 is 4.91. The third-order valence-electron chi connectivity index (χ3n) is 3.94. The van der Waals surface area contributed by atoms with Crippen LogP contribution in [-0.2, 0) is 4.74 Å².